The molecule has 1 heterocycles. The van der Waals surface area contributed by atoms with Crippen molar-refractivity contribution in [2.75, 3.05) is 43.5 Å². The highest BCUT2D eigenvalue weighted by atomic mass is 16.5. The number of esters is 1. The molecule has 1 aliphatic rings. The molecule has 3 rings (SSSR count). The number of anilines is 2. The number of rotatable bonds is 3. The van der Waals surface area contributed by atoms with Gasteiger partial charge in [-0.2, -0.15) is 0 Å². The van der Waals surface area contributed by atoms with Gasteiger partial charge in [-0.3, -0.25) is 9.59 Å². The Kier molecular flexibility index (Phi) is 5.71. The van der Waals surface area contributed by atoms with Crippen molar-refractivity contribution in [2.45, 2.75) is 0 Å². The van der Waals surface area contributed by atoms with E-state index in [4.69, 9.17) is 0 Å². The quantitative estimate of drug-likeness (QED) is 0.661. The van der Waals surface area contributed by atoms with E-state index in [1.807, 2.05) is 30.3 Å². The van der Waals surface area contributed by atoms with Gasteiger partial charge in [0, 0.05) is 37.6 Å². The molecule has 1 N–H and O–H groups in total. The molecule has 2 aromatic carbocycles. The smallest absolute Gasteiger partial charge is 0.337 e. The highest BCUT2D eigenvalue weighted by molar-refractivity contribution is 6.39. The van der Waals surface area contributed by atoms with Gasteiger partial charge in [-0.05, 0) is 30.3 Å². The molecular weight excluding hydrogens is 346 g/mol. The van der Waals surface area contributed by atoms with E-state index >= 15 is 0 Å². The summed E-state index contributed by atoms with van der Waals surface area (Å²) in [5.41, 5.74) is 1.78. The Balaban J connectivity index is 1.57. The van der Waals surface area contributed by atoms with Gasteiger partial charge in [0.1, 0.15) is 0 Å². The van der Waals surface area contributed by atoms with Crippen LogP contribution in [0, 0.1) is 0 Å². The van der Waals surface area contributed by atoms with Gasteiger partial charge in [-0.1, -0.05) is 24.3 Å². The summed E-state index contributed by atoms with van der Waals surface area (Å²) in [5.74, 6) is -1.80. The molecule has 1 aliphatic heterocycles. The first-order valence-corrected chi connectivity index (χ1v) is 8.67. The van der Waals surface area contributed by atoms with E-state index in [2.05, 4.69) is 15.0 Å². The Hall–Kier alpha value is -3.35. The molecule has 1 fully saturated rings. The molecule has 1 saturated heterocycles. The number of nitrogens with one attached hydrogen (secondary N) is 1. The number of hydrogen-bond donors (Lipinski definition) is 1. The van der Waals surface area contributed by atoms with E-state index in [0.717, 1.165) is 5.69 Å². The zero-order chi connectivity index (χ0) is 19.2. The molecule has 0 unspecified atom stereocenters. The average Bonchev–Trinajstić information content (AvgIpc) is 2.73. The summed E-state index contributed by atoms with van der Waals surface area (Å²) in [6.07, 6.45) is 0. The number of ether oxygens (including phenoxy) is 1. The van der Waals surface area contributed by atoms with Crippen LogP contribution >= 0.6 is 0 Å². The lowest BCUT2D eigenvalue weighted by Gasteiger charge is -2.35. The van der Waals surface area contributed by atoms with Crippen LogP contribution in [-0.2, 0) is 14.3 Å². The minimum Gasteiger partial charge on any atom is -0.465 e. The van der Waals surface area contributed by atoms with Crippen LogP contribution < -0.4 is 10.2 Å². The highest BCUT2D eigenvalue weighted by Gasteiger charge is 2.26. The largest absolute Gasteiger partial charge is 0.465 e. The molecule has 140 valence electrons. The summed E-state index contributed by atoms with van der Waals surface area (Å²) in [7, 11) is 1.28. The fraction of sp³-hybridized carbons (Fsp3) is 0.250. The first-order chi connectivity index (χ1) is 13.1. The first-order valence-electron chi connectivity index (χ1n) is 8.67. The third-order valence-electron chi connectivity index (χ3n) is 4.42. The summed E-state index contributed by atoms with van der Waals surface area (Å²) < 4.78 is 4.65. The molecule has 7 heteroatoms. The van der Waals surface area contributed by atoms with Crippen molar-refractivity contribution >= 4 is 29.2 Å². The number of piperazine rings is 1. The van der Waals surface area contributed by atoms with E-state index in [1.165, 1.54) is 13.2 Å². The van der Waals surface area contributed by atoms with E-state index < -0.39 is 17.8 Å². The number of carbonyl (C=O) groups excluding carboxylic acids is 3. The number of hydrogen-bond acceptors (Lipinski definition) is 5. The van der Waals surface area contributed by atoms with E-state index in [1.54, 1.807) is 23.1 Å². The lowest BCUT2D eigenvalue weighted by molar-refractivity contribution is -0.143. The number of benzene rings is 2. The lowest BCUT2D eigenvalue weighted by Crippen LogP contribution is -2.51. The number of nitrogens with zero attached hydrogens (tertiary/aromatic N) is 2. The zero-order valence-corrected chi connectivity index (χ0v) is 15.1. The van der Waals surface area contributed by atoms with Gasteiger partial charge >= 0.3 is 17.8 Å². The van der Waals surface area contributed by atoms with Crippen LogP contribution in [0.3, 0.4) is 0 Å². The van der Waals surface area contributed by atoms with Crippen molar-refractivity contribution in [2.24, 2.45) is 0 Å². The Labute approximate surface area is 157 Å². The fourth-order valence-electron chi connectivity index (χ4n) is 2.98. The number of amides is 2. The monoisotopic (exact) mass is 367 g/mol. The molecule has 0 atom stereocenters. The molecule has 0 bridgehead atoms. The molecule has 0 aromatic heterocycles. The molecule has 0 radical (unpaired) electrons. The maximum atomic E-state index is 12.4. The molecule has 0 saturated carbocycles. The highest BCUT2D eigenvalue weighted by Crippen LogP contribution is 2.16. The Morgan fingerprint density at radius 1 is 0.926 bits per heavy atom. The van der Waals surface area contributed by atoms with E-state index in [0.29, 0.717) is 37.4 Å². The SMILES string of the molecule is COC(=O)c1cccc(NC(=O)C(=O)N2CCN(c3ccccc3)CC2)c1. The van der Waals surface area contributed by atoms with Crippen molar-refractivity contribution in [1.29, 1.82) is 0 Å². The van der Waals surface area contributed by atoms with Crippen molar-refractivity contribution in [1.82, 2.24) is 4.90 Å². The summed E-state index contributed by atoms with van der Waals surface area (Å²) >= 11 is 0. The molecule has 7 nitrogen and oxygen atoms in total. The Morgan fingerprint density at radius 2 is 1.63 bits per heavy atom. The molecule has 27 heavy (non-hydrogen) atoms. The van der Waals surface area contributed by atoms with Gasteiger partial charge in [-0.25, -0.2) is 4.79 Å². The van der Waals surface area contributed by atoms with E-state index in [-0.39, 0.29) is 0 Å². The van der Waals surface area contributed by atoms with Crippen LogP contribution in [-0.4, -0.2) is 56.0 Å². The third kappa shape index (κ3) is 4.44. The number of methoxy groups -OCH3 is 1. The van der Waals surface area contributed by atoms with Crippen LogP contribution in [0.5, 0.6) is 0 Å². The maximum absolute atomic E-state index is 12.4. The summed E-state index contributed by atoms with van der Waals surface area (Å²) in [6, 6.07) is 16.2. The fourth-order valence-corrected chi connectivity index (χ4v) is 2.98. The van der Waals surface area contributed by atoms with Crippen LogP contribution in [0.25, 0.3) is 0 Å². The zero-order valence-electron chi connectivity index (χ0n) is 15.1. The first kappa shape index (κ1) is 18.4. The molecule has 2 aromatic rings. The minimum absolute atomic E-state index is 0.305. The van der Waals surface area contributed by atoms with Crippen LogP contribution in [0.15, 0.2) is 54.6 Å². The van der Waals surface area contributed by atoms with Gasteiger partial charge in [0.2, 0.25) is 0 Å². The topological polar surface area (TPSA) is 78.9 Å². The molecule has 0 aliphatic carbocycles. The van der Waals surface area contributed by atoms with Gasteiger partial charge in [0.25, 0.3) is 0 Å². The van der Waals surface area contributed by atoms with E-state index in [9.17, 15) is 14.4 Å². The summed E-state index contributed by atoms with van der Waals surface area (Å²) in [6.45, 7) is 2.29. The summed E-state index contributed by atoms with van der Waals surface area (Å²) in [4.78, 5) is 40.0. The van der Waals surface area contributed by atoms with Gasteiger partial charge in [0.05, 0.1) is 12.7 Å². The second kappa shape index (κ2) is 8.35. The van der Waals surface area contributed by atoms with Crippen molar-refractivity contribution < 1.29 is 19.1 Å². The number of para-hydroxylation sites is 1. The predicted molar refractivity (Wildman–Crippen MR) is 102 cm³/mol. The van der Waals surface area contributed by atoms with Crippen molar-refractivity contribution in [3.8, 4) is 0 Å². The van der Waals surface area contributed by atoms with Crippen molar-refractivity contribution in [3.63, 3.8) is 0 Å². The van der Waals surface area contributed by atoms with Crippen LogP contribution in [0.2, 0.25) is 0 Å². The van der Waals surface area contributed by atoms with Crippen molar-refractivity contribution in [3.05, 3.63) is 60.2 Å². The minimum atomic E-state index is -0.717. The van der Waals surface area contributed by atoms with Crippen LogP contribution in [0.4, 0.5) is 11.4 Å². The molecular formula is C20H21N3O4. The lowest BCUT2D eigenvalue weighted by atomic mass is 10.2. The maximum Gasteiger partial charge on any atom is 0.337 e. The second-order valence-corrected chi connectivity index (χ2v) is 6.14. The standard InChI is InChI=1S/C20H21N3O4/c1-27-20(26)15-6-5-7-16(14-15)21-18(24)19(25)23-12-10-22(11-13-23)17-8-3-2-4-9-17/h2-9,14H,10-13H2,1H3,(H,21,24). The molecule has 2 amide bonds. The third-order valence-corrected chi connectivity index (χ3v) is 4.42. The Bertz CT molecular complexity index is 830. The van der Waals surface area contributed by atoms with Gasteiger partial charge in [0.15, 0.2) is 0 Å². The van der Waals surface area contributed by atoms with Gasteiger partial charge < -0.3 is 19.9 Å². The second-order valence-electron chi connectivity index (χ2n) is 6.14. The Morgan fingerprint density at radius 3 is 2.30 bits per heavy atom. The molecule has 0 spiro atoms. The number of carbonyl (C=O) groups is 3. The van der Waals surface area contributed by atoms with Crippen LogP contribution in [0.1, 0.15) is 10.4 Å². The predicted octanol–water partition coefficient (Wildman–Crippen LogP) is 1.76. The normalized spacial score (nSPS) is 13.8. The average molecular weight is 367 g/mol. The van der Waals surface area contributed by atoms with Gasteiger partial charge in [-0.15, -0.1) is 0 Å². The summed E-state index contributed by atoms with van der Waals surface area (Å²) in [5, 5.41) is 2.55.